The lowest BCUT2D eigenvalue weighted by Gasteiger charge is -2.20. The summed E-state index contributed by atoms with van der Waals surface area (Å²) in [6.45, 7) is 7.66. The Bertz CT molecular complexity index is 266. The van der Waals surface area contributed by atoms with Crippen LogP contribution < -0.4 is 0 Å². The largest absolute Gasteiger partial charge is 0.462 e. The molecule has 0 aromatic rings. The minimum atomic E-state index is -2.81. The molecule has 1 atom stereocenters. The van der Waals surface area contributed by atoms with E-state index in [4.69, 9.17) is 42.7 Å². The highest BCUT2D eigenvalue weighted by molar-refractivity contribution is 7.65. The summed E-state index contributed by atoms with van der Waals surface area (Å²) in [5.74, 6) is -0.396. The Morgan fingerprint density at radius 3 is 2.35 bits per heavy atom. The van der Waals surface area contributed by atoms with E-state index in [1.54, 1.807) is 6.92 Å². The Morgan fingerprint density at radius 2 is 1.94 bits per heavy atom. The van der Waals surface area contributed by atoms with Crippen molar-refractivity contribution in [2.45, 2.75) is 32.4 Å². The van der Waals surface area contributed by atoms with Gasteiger partial charge in [0.25, 0.3) is 0 Å². The highest BCUT2D eigenvalue weighted by Gasteiger charge is 2.36. The summed E-state index contributed by atoms with van der Waals surface area (Å²) in [6.07, 6.45) is 1.24. The van der Waals surface area contributed by atoms with E-state index in [2.05, 4.69) is 6.58 Å². The van der Waals surface area contributed by atoms with Crippen molar-refractivity contribution in [2.24, 2.45) is 0 Å². The number of halogens is 3. The van der Waals surface area contributed by atoms with E-state index in [9.17, 15) is 4.79 Å². The molecule has 7 heteroatoms. The predicted molar refractivity (Wildman–Crippen MR) is 73.7 cm³/mol. The number of esters is 1. The van der Waals surface area contributed by atoms with Gasteiger partial charge in [-0.3, -0.25) is 0 Å². The van der Waals surface area contributed by atoms with E-state index in [0.717, 1.165) is 0 Å². The molecule has 0 amide bonds. The molecule has 1 unspecified atom stereocenters. The molecule has 0 saturated heterocycles. The first kappa shape index (κ1) is 17.3. The topological polar surface area (TPSA) is 35.5 Å². The Morgan fingerprint density at radius 1 is 1.35 bits per heavy atom. The number of hydrogen-bond donors (Lipinski definition) is 0. The predicted octanol–water partition coefficient (Wildman–Crippen LogP) is 3.49. The van der Waals surface area contributed by atoms with E-state index in [1.165, 1.54) is 0 Å². The second kappa shape index (κ2) is 8.37. The van der Waals surface area contributed by atoms with Gasteiger partial charge in [0.1, 0.15) is 0 Å². The standard InChI is InChI=1S/C10H17Cl3O3Si/c1-4-9(17(11,12)13)15-6-5-7-16-10(14)8(2)3/h9H,2,4-7H2,1,3H3. The number of hydrogen-bond acceptors (Lipinski definition) is 3. The molecule has 0 rings (SSSR count). The quantitative estimate of drug-likeness (QED) is 0.226. The molecule has 0 aliphatic heterocycles. The Labute approximate surface area is 117 Å². The fourth-order valence-electron chi connectivity index (χ4n) is 1.02. The van der Waals surface area contributed by atoms with Crippen LogP contribution in [0.1, 0.15) is 26.7 Å². The van der Waals surface area contributed by atoms with Crippen molar-refractivity contribution in [3.05, 3.63) is 12.2 Å². The summed E-state index contributed by atoms with van der Waals surface area (Å²) in [5.41, 5.74) is 0.0652. The summed E-state index contributed by atoms with van der Waals surface area (Å²) in [7, 11) is 0. The van der Waals surface area contributed by atoms with Gasteiger partial charge in [-0.05, 0) is 13.3 Å². The summed E-state index contributed by atoms with van der Waals surface area (Å²) in [6, 6.07) is -2.81. The molecule has 100 valence electrons. The third-order valence-electron chi connectivity index (χ3n) is 1.93. The lowest BCUT2D eigenvalue weighted by molar-refractivity contribution is -0.139. The molecular formula is C10H17Cl3O3Si. The summed E-state index contributed by atoms with van der Waals surface area (Å²) >= 11 is 17.6. The Balaban J connectivity index is 3.70. The third kappa shape index (κ3) is 8.05. The number of carbonyl (C=O) groups is 1. The van der Waals surface area contributed by atoms with Crippen molar-refractivity contribution in [3.8, 4) is 0 Å². The first-order valence-corrected chi connectivity index (χ1v) is 10.4. The first-order valence-electron chi connectivity index (χ1n) is 5.30. The lowest BCUT2D eigenvalue weighted by atomic mass is 10.4. The molecule has 0 aromatic carbocycles. The SMILES string of the molecule is C=C(C)C(=O)OCCCOC(CC)[Si](Cl)(Cl)Cl. The fraction of sp³-hybridized carbons (Fsp3) is 0.700. The van der Waals surface area contributed by atoms with E-state index in [-0.39, 0.29) is 12.3 Å². The average molecular weight is 320 g/mol. The minimum absolute atomic E-state index is 0.281. The van der Waals surface area contributed by atoms with Crippen LogP contribution in [0.15, 0.2) is 12.2 Å². The van der Waals surface area contributed by atoms with Crippen LogP contribution in [-0.2, 0) is 14.3 Å². The van der Waals surface area contributed by atoms with E-state index in [0.29, 0.717) is 25.0 Å². The first-order chi connectivity index (χ1) is 7.79. The van der Waals surface area contributed by atoms with Crippen molar-refractivity contribution < 1.29 is 14.3 Å². The third-order valence-corrected chi connectivity index (χ3v) is 5.42. The molecule has 0 fully saturated rings. The molecule has 0 radical (unpaired) electrons. The van der Waals surface area contributed by atoms with Crippen molar-refractivity contribution in [3.63, 3.8) is 0 Å². The van der Waals surface area contributed by atoms with Crippen LogP contribution in [0.3, 0.4) is 0 Å². The molecule has 0 aromatic heterocycles. The van der Waals surface area contributed by atoms with Gasteiger partial charge in [0.15, 0.2) is 0 Å². The van der Waals surface area contributed by atoms with Gasteiger partial charge in [-0.25, -0.2) is 4.79 Å². The van der Waals surface area contributed by atoms with Crippen LogP contribution in [0.5, 0.6) is 0 Å². The second-order valence-corrected chi connectivity index (χ2v) is 12.4. The van der Waals surface area contributed by atoms with Gasteiger partial charge >= 0.3 is 12.0 Å². The van der Waals surface area contributed by atoms with Crippen LogP contribution in [0.2, 0.25) is 0 Å². The number of carbonyl (C=O) groups excluding carboxylic acids is 1. The van der Waals surface area contributed by atoms with E-state index >= 15 is 0 Å². The maximum Gasteiger partial charge on any atom is 0.369 e. The van der Waals surface area contributed by atoms with Gasteiger partial charge in [-0.15, -0.1) is 33.2 Å². The van der Waals surface area contributed by atoms with Crippen LogP contribution >= 0.6 is 33.2 Å². The fourth-order valence-corrected chi connectivity index (χ4v) is 3.74. The highest BCUT2D eigenvalue weighted by Crippen LogP contribution is 2.28. The molecule has 0 heterocycles. The molecule has 0 aliphatic carbocycles. The smallest absolute Gasteiger partial charge is 0.369 e. The maximum atomic E-state index is 11.0. The highest BCUT2D eigenvalue weighted by atomic mass is 35.8. The van der Waals surface area contributed by atoms with Gasteiger partial charge in [-0.1, -0.05) is 13.5 Å². The maximum absolute atomic E-state index is 11.0. The zero-order valence-electron chi connectivity index (χ0n) is 9.97. The van der Waals surface area contributed by atoms with Crippen LogP contribution in [-0.4, -0.2) is 30.9 Å². The number of rotatable bonds is 8. The van der Waals surface area contributed by atoms with E-state index < -0.39 is 12.0 Å². The molecule has 3 nitrogen and oxygen atoms in total. The van der Waals surface area contributed by atoms with Gasteiger partial charge in [-0.2, -0.15) is 0 Å². The molecule has 0 N–H and O–H groups in total. The van der Waals surface area contributed by atoms with Crippen molar-refractivity contribution >= 4 is 45.2 Å². The van der Waals surface area contributed by atoms with Crippen molar-refractivity contribution in [2.75, 3.05) is 13.2 Å². The number of ether oxygens (including phenoxy) is 2. The summed E-state index contributed by atoms with van der Waals surface area (Å²) in [4.78, 5) is 11.0. The molecule has 0 aliphatic rings. The van der Waals surface area contributed by atoms with Crippen LogP contribution in [0.25, 0.3) is 0 Å². The zero-order valence-corrected chi connectivity index (χ0v) is 13.2. The minimum Gasteiger partial charge on any atom is -0.462 e. The molecule has 0 bridgehead atoms. The summed E-state index contributed by atoms with van der Waals surface area (Å²) in [5, 5.41) is 0. The molecule has 0 saturated carbocycles. The van der Waals surface area contributed by atoms with Crippen LogP contribution in [0.4, 0.5) is 0 Å². The Hall–Kier alpha value is 0.257. The van der Waals surface area contributed by atoms with Gasteiger partial charge < -0.3 is 9.47 Å². The van der Waals surface area contributed by atoms with Crippen molar-refractivity contribution in [1.82, 2.24) is 0 Å². The second-order valence-electron chi connectivity index (χ2n) is 3.58. The van der Waals surface area contributed by atoms with Crippen LogP contribution in [0, 0.1) is 0 Å². The summed E-state index contributed by atoms with van der Waals surface area (Å²) < 4.78 is 10.3. The van der Waals surface area contributed by atoms with Gasteiger partial charge in [0.05, 0.1) is 12.3 Å². The lowest BCUT2D eigenvalue weighted by Crippen LogP contribution is -2.33. The van der Waals surface area contributed by atoms with Gasteiger partial charge in [0.2, 0.25) is 0 Å². The molecular weight excluding hydrogens is 303 g/mol. The molecule has 17 heavy (non-hydrogen) atoms. The monoisotopic (exact) mass is 318 g/mol. The zero-order chi connectivity index (χ0) is 13.5. The average Bonchev–Trinajstić information content (AvgIpc) is 2.20. The Kier molecular flexibility index (Phi) is 8.50. The van der Waals surface area contributed by atoms with Crippen molar-refractivity contribution in [1.29, 1.82) is 0 Å². The van der Waals surface area contributed by atoms with E-state index in [1.807, 2.05) is 6.92 Å². The van der Waals surface area contributed by atoms with Gasteiger partial charge in [0, 0.05) is 18.6 Å². The molecule has 0 spiro atoms. The normalized spacial score (nSPS) is 13.2.